The molecule has 0 aliphatic carbocycles. The zero-order valence-electron chi connectivity index (χ0n) is 6.50. The van der Waals surface area contributed by atoms with Crippen LogP contribution in [-0.4, -0.2) is 22.5 Å². The van der Waals surface area contributed by atoms with E-state index in [2.05, 4.69) is 22.5 Å². The molecule has 0 aliphatic heterocycles. The summed E-state index contributed by atoms with van der Waals surface area (Å²) < 4.78 is 0. The van der Waals surface area contributed by atoms with Crippen LogP contribution in [0.1, 0.15) is 5.82 Å². The molecule has 10 heavy (non-hydrogen) atoms. The first-order valence-electron chi connectivity index (χ1n) is 3.16. The highest BCUT2D eigenvalue weighted by atomic mass is 32.2. The molecule has 3 heteroatoms. The Morgan fingerprint density at radius 2 is 1.70 bits per heavy atom. The van der Waals surface area contributed by atoms with Crippen LogP contribution >= 0.6 is 10.9 Å². The molecule has 1 heterocycles. The second kappa shape index (κ2) is 3.01. The van der Waals surface area contributed by atoms with Crippen molar-refractivity contribution in [3.63, 3.8) is 0 Å². The first kappa shape index (κ1) is 7.54. The smallest absolute Gasteiger partial charge is 0.125 e. The highest BCUT2D eigenvalue weighted by Crippen LogP contribution is 2.25. The van der Waals surface area contributed by atoms with Crippen LogP contribution < -0.4 is 0 Å². The minimum Gasteiger partial charge on any atom is -0.241 e. The molecule has 0 fully saturated rings. The first-order chi connectivity index (χ1) is 4.70. The number of hydrogen-bond acceptors (Lipinski definition) is 2. The maximum Gasteiger partial charge on any atom is 0.125 e. The van der Waals surface area contributed by atoms with Crippen molar-refractivity contribution in [1.29, 1.82) is 0 Å². The molecule has 0 N–H and O–H groups in total. The standard InChI is InChI=1S/C7H12N2S/c1-6-8-4-7(5-9-6)10(2)3/h4-5,10H,1-3H3. The second-order valence-corrected chi connectivity index (χ2v) is 4.69. The third kappa shape index (κ3) is 1.70. The molecule has 0 aromatic carbocycles. The van der Waals surface area contributed by atoms with Crippen LogP contribution in [0.5, 0.6) is 0 Å². The van der Waals surface area contributed by atoms with Gasteiger partial charge in [-0.05, 0) is 19.4 Å². The Kier molecular flexibility index (Phi) is 2.27. The van der Waals surface area contributed by atoms with Crippen LogP contribution in [0.3, 0.4) is 0 Å². The number of aryl methyl sites for hydroxylation is 1. The van der Waals surface area contributed by atoms with Crippen molar-refractivity contribution < 1.29 is 0 Å². The molecule has 0 bridgehead atoms. The second-order valence-electron chi connectivity index (χ2n) is 2.38. The zero-order valence-corrected chi connectivity index (χ0v) is 7.39. The Hall–Kier alpha value is -0.570. The number of rotatable bonds is 1. The van der Waals surface area contributed by atoms with E-state index in [1.54, 1.807) is 0 Å². The molecule has 2 nitrogen and oxygen atoms in total. The molecular formula is C7H12N2S. The molecule has 0 saturated heterocycles. The minimum atomic E-state index is -0.0330. The van der Waals surface area contributed by atoms with Gasteiger partial charge in [-0.15, -0.1) is 0 Å². The van der Waals surface area contributed by atoms with Crippen molar-refractivity contribution in [3.8, 4) is 0 Å². The highest BCUT2D eigenvalue weighted by molar-refractivity contribution is 8.15. The number of thiol groups is 1. The SMILES string of the molecule is Cc1ncc([SH](C)C)cn1. The third-order valence-electron chi connectivity index (χ3n) is 1.28. The van der Waals surface area contributed by atoms with Gasteiger partial charge in [0.25, 0.3) is 0 Å². The van der Waals surface area contributed by atoms with Gasteiger partial charge in [-0.3, -0.25) is 0 Å². The lowest BCUT2D eigenvalue weighted by Gasteiger charge is -2.06. The average molecular weight is 156 g/mol. The molecule has 0 amide bonds. The van der Waals surface area contributed by atoms with E-state index in [0.29, 0.717) is 0 Å². The van der Waals surface area contributed by atoms with Gasteiger partial charge in [0.15, 0.2) is 0 Å². The van der Waals surface area contributed by atoms with Crippen LogP contribution in [0.25, 0.3) is 0 Å². The van der Waals surface area contributed by atoms with Gasteiger partial charge in [-0.25, -0.2) is 20.9 Å². The molecule has 0 radical (unpaired) electrons. The number of nitrogens with zero attached hydrogens (tertiary/aromatic N) is 2. The van der Waals surface area contributed by atoms with E-state index in [1.807, 2.05) is 19.3 Å². The summed E-state index contributed by atoms with van der Waals surface area (Å²) in [4.78, 5) is 9.48. The fourth-order valence-corrected chi connectivity index (χ4v) is 1.19. The largest absolute Gasteiger partial charge is 0.241 e. The summed E-state index contributed by atoms with van der Waals surface area (Å²) >= 11 is 0. The van der Waals surface area contributed by atoms with Crippen LogP contribution in [0.2, 0.25) is 0 Å². The molecule has 1 rings (SSSR count). The molecule has 0 saturated carbocycles. The van der Waals surface area contributed by atoms with Crippen molar-refractivity contribution in [1.82, 2.24) is 9.97 Å². The molecule has 1 aromatic heterocycles. The van der Waals surface area contributed by atoms with Crippen molar-refractivity contribution in [2.75, 3.05) is 12.5 Å². The van der Waals surface area contributed by atoms with Gasteiger partial charge >= 0.3 is 0 Å². The topological polar surface area (TPSA) is 25.8 Å². The van der Waals surface area contributed by atoms with Crippen molar-refractivity contribution in [2.24, 2.45) is 0 Å². The summed E-state index contributed by atoms with van der Waals surface area (Å²) in [6, 6.07) is 0. The fourth-order valence-electron chi connectivity index (χ4n) is 0.617. The third-order valence-corrected chi connectivity index (χ3v) is 2.55. The van der Waals surface area contributed by atoms with Crippen LogP contribution in [0, 0.1) is 6.92 Å². The summed E-state index contributed by atoms with van der Waals surface area (Å²) in [5, 5.41) is 0. The summed E-state index contributed by atoms with van der Waals surface area (Å²) in [6.45, 7) is 1.90. The maximum absolute atomic E-state index is 4.11. The Morgan fingerprint density at radius 1 is 1.20 bits per heavy atom. The minimum absolute atomic E-state index is 0.0330. The lowest BCUT2D eigenvalue weighted by molar-refractivity contribution is 1.01. The summed E-state index contributed by atoms with van der Waals surface area (Å²) in [5.74, 6) is 0.848. The van der Waals surface area contributed by atoms with Crippen molar-refractivity contribution >= 4 is 10.9 Å². The van der Waals surface area contributed by atoms with E-state index < -0.39 is 0 Å². The molecular weight excluding hydrogens is 144 g/mol. The quantitative estimate of drug-likeness (QED) is 0.622. The average Bonchev–Trinajstić information content (AvgIpc) is 1.88. The monoisotopic (exact) mass is 156 g/mol. The Bertz CT molecular complexity index is 205. The van der Waals surface area contributed by atoms with Gasteiger partial charge < -0.3 is 0 Å². The van der Waals surface area contributed by atoms with E-state index in [-0.39, 0.29) is 10.9 Å². The van der Waals surface area contributed by atoms with E-state index in [0.717, 1.165) is 5.82 Å². The van der Waals surface area contributed by atoms with Gasteiger partial charge in [0.2, 0.25) is 0 Å². The van der Waals surface area contributed by atoms with Crippen LogP contribution in [0.4, 0.5) is 0 Å². The van der Waals surface area contributed by atoms with Crippen LogP contribution in [-0.2, 0) is 0 Å². The van der Waals surface area contributed by atoms with E-state index in [4.69, 9.17) is 0 Å². The van der Waals surface area contributed by atoms with Gasteiger partial charge in [0.05, 0.1) is 0 Å². The lowest BCUT2D eigenvalue weighted by atomic mass is 10.6. The molecule has 0 unspecified atom stereocenters. The normalized spacial score (nSPS) is 11.3. The van der Waals surface area contributed by atoms with E-state index in [1.165, 1.54) is 4.90 Å². The molecule has 1 aromatic rings. The van der Waals surface area contributed by atoms with Gasteiger partial charge in [0.1, 0.15) is 5.82 Å². The van der Waals surface area contributed by atoms with E-state index in [9.17, 15) is 0 Å². The predicted molar refractivity (Wildman–Crippen MR) is 45.9 cm³/mol. The van der Waals surface area contributed by atoms with Gasteiger partial charge in [-0.1, -0.05) is 0 Å². The Balaban J connectivity index is 2.89. The number of hydrogen-bond donors (Lipinski definition) is 1. The molecule has 0 aliphatic rings. The molecule has 0 spiro atoms. The fraction of sp³-hybridized carbons (Fsp3) is 0.429. The molecule has 56 valence electrons. The first-order valence-corrected chi connectivity index (χ1v) is 5.40. The lowest BCUT2D eigenvalue weighted by Crippen LogP contribution is -1.87. The Labute approximate surface area is 64.1 Å². The Morgan fingerprint density at radius 3 is 2.10 bits per heavy atom. The summed E-state index contributed by atoms with van der Waals surface area (Å²) in [5.41, 5.74) is 0. The summed E-state index contributed by atoms with van der Waals surface area (Å²) in [7, 11) is -0.0330. The van der Waals surface area contributed by atoms with Crippen LogP contribution in [0.15, 0.2) is 17.3 Å². The zero-order chi connectivity index (χ0) is 7.56. The predicted octanol–water partition coefficient (Wildman–Crippen LogP) is 1.40. The van der Waals surface area contributed by atoms with Crippen molar-refractivity contribution in [2.45, 2.75) is 11.8 Å². The summed E-state index contributed by atoms with van der Waals surface area (Å²) in [6.07, 6.45) is 8.22. The van der Waals surface area contributed by atoms with E-state index >= 15 is 0 Å². The van der Waals surface area contributed by atoms with Gasteiger partial charge in [-0.2, -0.15) is 0 Å². The number of aromatic nitrogens is 2. The molecule has 0 atom stereocenters. The van der Waals surface area contributed by atoms with Gasteiger partial charge in [0, 0.05) is 17.3 Å². The highest BCUT2D eigenvalue weighted by Gasteiger charge is 1.93. The maximum atomic E-state index is 4.11. The van der Waals surface area contributed by atoms with Crippen molar-refractivity contribution in [3.05, 3.63) is 18.2 Å².